The molecule has 0 aromatic rings. The van der Waals surface area contributed by atoms with Gasteiger partial charge in [0.2, 0.25) is 0 Å². The van der Waals surface area contributed by atoms with E-state index in [0.29, 0.717) is 0 Å². The maximum atomic E-state index is 10.3. The van der Waals surface area contributed by atoms with Crippen molar-refractivity contribution in [3.63, 3.8) is 0 Å². The van der Waals surface area contributed by atoms with Crippen molar-refractivity contribution < 1.29 is 14.6 Å². The van der Waals surface area contributed by atoms with Gasteiger partial charge in [0, 0.05) is 20.6 Å². The zero-order valence-corrected chi connectivity index (χ0v) is 10.7. The summed E-state index contributed by atoms with van der Waals surface area (Å²) in [5.41, 5.74) is 0.548. The Morgan fingerprint density at radius 2 is 1.81 bits per heavy atom. The predicted molar refractivity (Wildman–Crippen MR) is 64.2 cm³/mol. The van der Waals surface area contributed by atoms with Gasteiger partial charge >= 0.3 is 0 Å². The third-order valence-corrected chi connectivity index (χ3v) is 3.25. The molecule has 1 saturated carbocycles. The highest BCUT2D eigenvalue weighted by Gasteiger charge is 2.26. The normalized spacial score (nSPS) is 21.4. The van der Waals surface area contributed by atoms with Crippen LogP contribution in [0.4, 0.5) is 0 Å². The molecule has 16 heavy (non-hydrogen) atoms. The lowest BCUT2D eigenvalue weighted by molar-refractivity contribution is -0.100. The van der Waals surface area contributed by atoms with Crippen molar-refractivity contribution in [3.8, 4) is 0 Å². The van der Waals surface area contributed by atoms with Crippen LogP contribution in [-0.4, -0.2) is 31.2 Å². The Morgan fingerprint density at radius 1 is 1.25 bits per heavy atom. The van der Waals surface area contributed by atoms with Crippen LogP contribution in [0.1, 0.15) is 45.4 Å². The number of methoxy groups -OCH3 is 2. The van der Waals surface area contributed by atoms with Crippen LogP contribution in [0.5, 0.6) is 0 Å². The first-order chi connectivity index (χ1) is 7.59. The van der Waals surface area contributed by atoms with Crippen molar-refractivity contribution in [3.05, 3.63) is 11.6 Å². The van der Waals surface area contributed by atoms with Crippen LogP contribution in [0.25, 0.3) is 0 Å². The summed E-state index contributed by atoms with van der Waals surface area (Å²) in [6, 6.07) is 0. The number of hydrogen-bond acceptors (Lipinski definition) is 3. The van der Waals surface area contributed by atoms with Crippen LogP contribution >= 0.6 is 0 Å². The minimum absolute atomic E-state index is 0.205. The molecule has 0 unspecified atom stereocenters. The Morgan fingerprint density at radius 3 is 2.31 bits per heavy atom. The van der Waals surface area contributed by atoms with E-state index in [1.54, 1.807) is 14.2 Å². The van der Waals surface area contributed by atoms with Gasteiger partial charge < -0.3 is 14.6 Å². The predicted octanol–water partition coefficient (Wildman–Crippen LogP) is 2.64. The van der Waals surface area contributed by atoms with Gasteiger partial charge in [-0.2, -0.15) is 0 Å². The zero-order valence-electron chi connectivity index (χ0n) is 10.7. The minimum atomic E-state index is -0.589. The summed E-state index contributed by atoms with van der Waals surface area (Å²) in [6.45, 7) is 2.03. The maximum Gasteiger partial charge on any atom is 0.160 e. The topological polar surface area (TPSA) is 38.7 Å². The van der Waals surface area contributed by atoms with E-state index >= 15 is 0 Å². The molecule has 1 rings (SSSR count). The molecule has 0 atom stereocenters. The van der Waals surface area contributed by atoms with Crippen LogP contribution in [0.15, 0.2) is 11.6 Å². The Balaban J connectivity index is 2.53. The van der Waals surface area contributed by atoms with Crippen LogP contribution in [-0.2, 0) is 9.47 Å². The summed E-state index contributed by atoms with van der Waals surface area (Å²) in [5.74, 6) is 0. The van der Waals surface area contributed by atoms with E-state index in [9.17, 15) is 5.11 Å². The van der Waals surface area contributed by atoms with E-state index in [2.05, 4.69) is 0 Å². The lowest BCUT2D eigenvalue weighted by atomic mass is 9.83. The highest BCUT2D eigenvalue weighted by atomic mass is 16.7. The monoisotopic (exact) mass is 228 g/mol. The molecule has 3 nitrogen and oxygen atoms in total. The largest absolute Gasteiger partial charge is 0.386 e. The first-order valence-electron chi connectivity index (χ1n) is 6.06. The van der Waals surface area contributed by atoms with Crippen LogP contribution < -0.4 is 0 Å². The fourth-order valence-electron chi connectivity index (χ4n) is 2.35. The van der Waals surface area contributed by atoms with Crippen LogP contribution in [0.2, 0.25) is 0 Å². The standard InChI is InChI=1S/C13H24O3/c1-11(9-12(15-2)16-3)10-13(14)7-5-4-6-8-13/h10,12,14H,4-9H2,1-3H3/b11-10-. The van der Waals surface area contributed by atoms with Gasteiger partial charge in [0.15, 0.2) is 6.29 Å². The van der Waals surface area contributed by atoms with Crippen molar-refractivity contribution in [1.82, 2.24) is 0 Å². The Labute approximate surface area is 98.4 Å². The highest BCUT2D eigenvalue weighted by Crippen LogP contribution is 2.30. The molecule has 0 radical (unpaired) electrons. The second kappa shape index (κ2) is 6.38. The summed E-state index contributed by atoms with van der Waals surface area (Å²) >= 11 is 0. The molecule has 0 amide bonds. The summed E-state index contributed by atoms with van der Waals surface area (Å²) in [4.78, 5) is 0. The van der Waals surface area contributed by atoms with E-state index < -0.39 is 5.60 Å². The van der Waals surface area contributed by atoms with Crippen LogP contribution in [0.3, 0.4) is 0 Å². The molecule has 1 N–H and O–H groups in total. The van der Waals surface area contributed by atoms with Crippen molar-refractivity contribution in [2.45, 2.75) is 57.3 Å². The van der Waals surface area contributed by atoms with E-state index in [1.807, 2.05) is 13.0 Å². The van der Waals surface area contributed by atoms with E-state index in [-0.39, 0.29) is 6.29 Å². The van der Waals surface area contributed by atoms with Gasteiger partial charge in [-0.3, -0.25) is 0 Å². The molecule has 0 spiro atoms. The van der Waals surface area contributed by atoms with Crippen molar-refractivity contribution in [2.75, 3.05) is 14.2 Å². The lowest BCUT2D eigenvalue weighted by Gasteiger charge is -2.30. The van der Waals surface area contributed by atoms with Gasteiger partial charge in [-0.05, 0) is 19.8 Å². The van der Waals surface area contributed by atoms with Gasteiger partial charge in [0.05, 0.1) is 5.60 Å². The molecule has 0 saturated heterocycles. The van der Waals surface area contributed by atoms with E-state index in [1.165, 1.54) is 6.42 Å². The molecular weight excluding hydrogens is 204 g/mol. The number of rotatable bonds is 5. The van der Waals surface area contributed by atoms with E-state index in [0.717, 1.165) is 37.7 Å². The fraction of sp³-hybridized carbons (Fsp3) is 0.846. The van der Waals surface area contributed by atoms with Gasteiger partial charge in [-0.15, -0.1) is 0 Å². The second-order valence-electron chi connectivity index (χ2n) is 4.76. The molecule has 1 aliphatic carbocycles. The molecule has 1 aliphatic rings. The first-order valence-corrected chi connectivity index (χ1v) is 6.06. The Hall–Kier alpha value is -0.380. The summed E-state index contributed by atoms with van der Waals surface area (Å²) in [5, 5.41) is 10.3. The molecule has 1 fully saturated rings. The Bertz CT molecular complexity index is 225. The molecule has 3 heteroatoms. The highest BCUT2D eigenvalue weighted by molar-refractivity contribution is 5.10. The number of hydrogen-bond donors (Lipinski definition) is 1. The van der Waals surface area contributed by atoms with Gasteiger partial charge in [-0.1, -0.05) is 30.9 Å². The number of aliphatic hydroxyl groups is 1. The molecule has 0 aromatic heterocycles. The lowest BCUT2D eigenvalue weighted by Crippen LogP contribution is -2.29. The fourth-order valence-corrected chi connectivity index (χ4v) is 2.35. The summed E-state index contributed by atoms with van der Waals surface area (Å²) in [6.07, 6.45) is 7.77. The summed E-state index contributed by atoms with van der Waals surface area (Å²) < 4.78 is 10.3. The minimum Gasteiger partial charge on any atom is -0.386 e. The molecule has 0 aromatic carbocycles. The Kier molecular flexibility index (Phi) is 5.46. The molecule has 94 valence electrons. The quantitative estimate of drug-likeness (QED) is 0.580. The maximum absolute atomic E-state index is 10.3. The van der Waals surface area contributed by atoms with Crippen LogP contribution in [0, 0.1) is 0 Å². The van der Waals surface area contributed by atoms with Gasteiger partial charge in [-0.25, -0.2) is 0 Å². The van der Waals surface area contributed by atoms with Gasteiger partial charge in [0.1, 0.15) is 0 Å². The number of ether oxygens (including phenoxy) is 2. The third-order valence-electron chi connectivity index (χ3n) is 3.25. The molecule has 0 aliphatic heterocycles. The summed E-state index contributed by atoms with van der Waals surface area (Å²) in [7, 11) is 3.27. The van der Waals surface area contributed by atoms with Crippen molar-refractivity contribution >= 4 is 0 Å². The molecule has 0 bridgehead atoms. The smallest absolute Gasteiger partial charge is 0.160 e. The van der Waals surface area contributed by atoms with Crippen molar-refractivity contribution in [2.24, 2.45) is 0 Å². The van der Waals surface area contributed by atoms with E-state index in [4.69, 9.17) is 9.47 Å². The first kappa shape index (κ1) is 13.7. The second-order valence-corrected chi connectivity index (χ2v) is 4.76. The SMILES string of the molecule is COC(C/C(C)=C\C1(O)CCCCC1)OC. The average molecular weight is 228 g/mol. The third kappa shape index (κ3) is 4.24. The van der Waals surface area contributed by atoms with Crippen molar-refractivity contribution in [1.29, 1.82) is 0 Å². The molecule has 0 heterocycles. The van der Waals surface area contributed by atoms with Gasteiger partial charge in [0.25, 0.3) is 0 Å². The average Bonchev–Trinajstić information content (AvgIpc) is 2.26. The zero-order chi connectivity index (χ0) is 12.0. The molecular formula is C13H24O3.